The van der Waals surface area contributed by atoms with E-state index in [9.17, 15) is 4.79 Å². The molecular formula is C12H24N2O. The summed E-state index contributed by atoms with van der Waals surface area (Å²) < 4.78 is 0. The van der Waals surface area contributed by atoms with Gasteiger partial charge < -0.3 is 10.6 Å². The molecule has 1 atom stereocenters. The van der Waals surface area contributed by atoms with Gasteiger partial charge in [0.25, 0.3) is 0 Å². The van der Waals surface area contributed by atoms with Crippen LogP contribution in [0.25, 0.3) is 0 Å². The number of carbonyl (C=O) groups is 1. The Morgan fingerprint density at radius 2 is 2.20 bits per heavy atom. The zero-order valence-electron chi connectivity index (χ0n) is 10.3. The van der Waals surface area contributed by atoms with Gasteiger partial charge in [-0.2, -0.15) is 0 Å². The normalized spacial score (nSPS) is 21.7. The summed E-state index contributed by atoms with van der Waals surface area (Å²) in [6, 6.07) is -0.279. The Bertz CT molecular complexity index is 226. The third-order valence-electron chi connectivity index (χ3n) is 3.17. The third-order valence-corrected chi connectivity index (χ3v) is 3.17. The van der Waals surface area contributed by atoms with Crippen LogP contribution in [0.15, 0.2) is 0 Å². The van der Waals surface area contributed by atoms with E-state index in [1.54, 1.807) is 0 Å². The van der Waals surface area contributed by atoms with Crippen LogP contribution in [-0.2, 0) is 4.79 Å². The van der Waals surface area contributed by atoms with E-state index in [0.29, 0.717) is 0 Å². The highest BCUT2D eigenvalue weighted by atomic mass is 16.2. The van der Waals surface area contributed by atoms with Gasteiger partial charge in [0.05, 0.1) is 6.04 Å². The molecule has 2 N–H and O–H groups in total. The molecule has 0 saturated carbocycles. The lowest BCUT2D eigenvalue weighted by atomic mass is 9.93. The van der Waals surface area contributed by atoms with Crippen molar-refractivity contribution in [1.29, 1.82) is 0 Å². The Morgan fingerprint density at radius 3 is 2.67 bits per heavy atom. The Labute approximate surface area is 93.0 Å². The Hall–Kier alpha value is -0.570. The van der Waals surface area contributed by atoms with Crippen LogP contribution >= 0.6 is 0 Å². The fourth-order valence-corrected chi connectivity index (χ4v) is 2.08. The molecule has 0 bridgehead atoms. The van der Waals surface area contributed by atoms with E-state index in [1.165, 1.54) is 0 Å². The number of hydrogen-bond acceptors (Lipinski definition) is 2. The molecule has 15 heavy (non-hydrogen) atoms. The van der Waals surface area contributed by atoms with Crippen LogP contribution in [0, 0.1) is 5.41 Å². The second-order valence-corrected chi connectivity index (χ2v) is 5.42. The zero-order chi connectivity index (χ0) is 11.5. The minimum atomic E-state index is -0.279. The summed E-state index contributed by atoms with van der Waals surface area (Å²) in [5.74, 6) is 0.147. The summed E-state index contributed by atoms with van der Waals surface area (Å²) >= 11 is 0. The molecule has 1 saturated heterocycles. The monoisotopic (exact) mass is 212 g/mol. The number of nitrogens with zero attached hydrogens (tertiary/aromatic N) is 1. The van der Waals surface area contributed by atoms with Gasteiger partial charge in [-0.25, -0.2) is 0 Å². The number of carbonyl (C=O) groups excluding carboxylic acids is 1. The van der Waals surface area contributed by atoms with E-state index in [2.05, 4.69) is 20.8 Å². The van der Waals surface area contributed by atoms with Crippen molar-refractivity contribution in [3.05, 3.63) is 0 Å². The first-order valence-corrected chi connectivity index (χ1v) is 6.00. The van der Waals surface area contributed by atoms with Gasteiger partial charge >= 0.3 is 0 Å². The molecule has 0 aromatic rings. The van der Waals surface area contributed by atoms with Gasteiger partial charge in [0.1, 0.15) is 0 Å². The maximum absolute atomic E-state index is 11.9. The molecular weight excluding hydrogens is 188 g/mol. The van der Waals surface area contributed by atoms with Crippen LogP contribution < -0.4 is 5.73 Å². The highest BCUT2D eigenvalue weighted by molar-refractivity contribution is 5.81. The van der Waals surface area contributed by atoms with E-state index in [-0.39, 0.29) is 17.4 Å². The van der Waals surface area contributed by atoms with Crippen molar-refractivity contribution in [2.24, 2.45) is 11.1 Å². The van der Waals surface area contributed by atoms with E-state index in [4.69, 9.17) is 5.73 Å². The molecule has 3 heteroatoms. The average Bonchev–Trinajstić information content (AvgIpc) is 2.54. The summed E-state index contributed by atoms with van der Waals surface area (Å²) in [6.07, 6.45) is 4.07. The first-order chi connectivity index (χ1) is 6.96. The van der Waals surface area contributed by atoms with Crippen LogP contribution in [0.4, 0.5) is 0 Å². The fourth-order valence-electron chi connectivity index (χ4n) is 2.08. The van der Waals surface area contributed by atoms with Crippen molar-refractivity contribution in [3.63, 3.8) is 0 Å². The van der Waals surface area contributed by atoms with Crippen molar-refractivity contribution in [2.75, 3.05) is 13.1 Å². The quantitative estimate of drug-likeness (QED) is 0.772. The minimum Gasteiger partial charge on any atom is -0.341 e. The molecule has 0 aromatic heterocycles. The Morgan fingerprint density at radius 1 is 1.53 bits per heavy atom. The lowest BCUT2D eigenvalue weighted by Crippen LogP contribution is -2.43. The number of amides is 1. The molecule has 0 aromatic carbocycles. The molecule has 3 nitrogen and oxygen atoms in total. The van der Waals surface area contributed by atoms with E-state index in [0.717, 1.165) is 38.8 Å². The molecule has 1 rings (SSSR count). The van der Waals surface area contributed by atoms with E-state index < -0.39 is 0 Å². The summed E-state index contributed by atoms with van der Waals surface area (Å²) in [4.78, 5) is 13.9. The van der Waals surface area contributed by atoms with Gasteiger partial charge in [0.15, 0.2) is 0 Å². The average molecular weight is 212 g/mol. The molecule has 0 spiro atoms. The summed E-state index contributed by atoms with van der Waals surface area (Å²) in [6.45, 7) is 8.28. The lowest BCUT2D eigenvalue weighted by Gasteiger charge is -2.22. The van der Waals surface area contributed by atoms with Gasteiger partial charge in [-0.1, -0.05) is 33.6 Å². The van der Waals surface area contributed by atoms with Crippen molar-refractivity contribution < 1.29 is 4.79 Å². The second kappa shape index (κ2) is 4.97. The minimum absolute atomic E-state index is 0.147. The predicted octanol–water partition coefficient (Wildman–Crippen LogP) is 1.76. The molecule has 1 aliphatic rings. The van der Waals surface area contributed by atoms with Crippen LogP contribution in [-0.4, -0.2) is 29.9 Å². The molecule has 1 fully saturated rings. The van der Waals surface area contributed by atoms with Crippen LogP contribution in [0.1, 0.15) is 46.5 Å². The first kappa shape index (κ1) is 12.5. The van der Waals surface area contributed by atoms with Crippen LogP contribution in [0.2, 0.25) is 0 Å². The van der Waals surface area contributed by atoms with Crippen molar-refractivity contribution in [1.82, 2.24) is 4.90 Å². The predicted molar refractivity (Wildman–Crippen MR) is 62.5 cm³/mol. The summed E-state index contributed by atoms with van der Waals surface area (Å²) in [7, 11) is 0. The van der Waals surface area contributed by atoms with Crippen molar-refractivity contribution in [3.8, 4) is 0 Å². The van der Waals surface area contributed by atoms with E-state index >= 15 is 0 Å². The molecule has 1 unspecified atom stereocenters. The highest BCUT2D eigenvalue weighted by Crippen LogP contribution is 2.29. The van der Waals surface area contributed by atoms with Crippen LogP contribution in [0.3, 0.4) is 0 Å². The highest BCUT2D eigenvalue weighted by Gasteiger charge is 2.33. The zero-order valence-corrected chi connectivity index (χ0v) is 10.3. The Balaban J connectivity index is 2.41. The first-order valence-electron chi connectivity index (χ1n) is 6.00. The van der Waals surface area contributed by atoms with Crippen molar-refractivity contribution >= 4 is 5.91 Å². The lowest BCUT2D eigenvalue weighted by molar-refractivity contribution is -0.132. The van der Waals surface area contributed by atoms with Gasteiger partial charge in [0.2, 0.25) is 5.91 Å². The maximum Gasteiger partial charge on any atom is 0.239 e. The SMILES string of the molecule is CCCCC(N)C(=O)N1CCC(C)(C)C1. The summed E-state index contributed by atoms with van der Waals surface area (Å²) in [5, 5.41) is 0. The topological polar surface area (TPSA) is 46.3 Å². The number of likely N-dealkylation sites (tertiary alicyclic amines) is 1. The molecule has 88 valence electrons. The smallest absolute Gasteiger partial charge is 0.239 e. The molecule has 0 radical (unpaired) electrons. The number of rotatable bonds is 4. The number of nitrogens with two attached hydrogens (primary N) is 1. The standard InChI is InChI=1S/C12H24N2O/c1-4-5-6-10(13)11(15)14-8-7-12(2,3)9-14/h10H,4-9,13H2,1-3H3. The van der Waals surface area contributed by atoms with Crippen molar-refractivity contribution in [2.45, 2.75) is 52.5 Å². The molecule has 1 aliphatic heterocycles. The molecule has 0 aliphatic carbocycles. The Kier molecular flexibility index (Phi) is 4.14. The molecule has 1 heterocycles. The van der Waals surface area contributed by atoms with Gasteiger partial charge in [-0.05, 0) is 18.3 Å². The van der Waals surface area contributed by atoms with Gasteiger partial charge in [0, 0.05) is 13.1 Å². The van der Waals surface area contributed by atoms with E-state index in [1.807, 2.05) is 4.90 Å². The third kappa shape index (κ3) is 3.49. The second-order valence-electron chi connectivity index (χ2n) is 5.42. The van der Waals surface area contributed by atoms with Crippen LogP contribution in [0.5, 0.6) is 0 Å². The number of unbranched alkanes of at least 4 members (excludes halogenated alkanes) is 1. The largest absolute Gasteiger partial charge is 0.341 e. The summed E-state index contributed by atoms with van der Waals surface area (Å²) in [5.41, 5.74) is 6.16. The van der Waals surface area contributed by atoms with Gasteiger partial charge in [-0.3, -0.25) is 4.79 Å². The van der Waals surface area contributed by atoms with Gasteiger partial charge in [-0.15, -0.1) is 0 Å². The molecule has 1 amide bonds. The number of hydrogen-bond donors (Lipinski definition) is 1. The fraction of sp³-hybridized carbons (Fsp3) is 0.917. The maximum atomic E-state index is 11.9.